The van der Waals surface area contributed by atoms with Gasteiger partial charge in [-0.05, 0) is 18.6 Å². The maximum Gasteiger partial charge on any atom is 0.145 e. The third kappa shape index (κ3) is 3.01. The minimum Gasteiger partial charge on any atom is -0.487 e. The van der Waals surface area contributed by atoms with Crippen LogP contribution in [0, 0.1) is 5.82 Å². The second-order valence-corrected chi connectivity index (χ2v) is 4.35. The second kappa shape index (κ2) is 5.87. The molecule has 18 heavy (non-hydrogen) atoms. The number of halogens is 2. The Kier molecular flexibility index (Phi) is 4.20. The molecule has 0 aliphatic carbocycles. The lowest BCUT2D eigenvalue weighted by Crippen LogP contribution is -2.05. The van der Waals surface area contributed by atoms with E-state index in [1.807, 2.05) is 4.57 Å². The quantitative estimate of drug-likeness (QED) is 0.827. The Morgan fingerprint density at radius 2 is 2.28 bits per heavy atom. The van der Waals surface area contributed by atoms with Crippen LogP contribution in [0.3, 0.4) is 0 Å². The first kappa shape index (κ1) is 12.9. The first-order valence-electron chi connectivity index (χ1n) is 5.77. The van der Waals surface area contributed by atoms with E-state index in [4.69, 9.17) is 16.3 Å². The number of rotatable bonds is 5. The van der Waals surface area contributed by atoms with Gasteiger partial charge in [-0.3, -0.25) is 0 Å². The molecule has 0 fully saturated rings. The van der Waals surface area contributed by atoms with Gasteiger partial charge >= 0.3 is 0 Å². The summed E-state index contributed by atoms with van der Waals surface area (Å²) in [6, 6.07) is 4.41. The molecule has 0 spiro atoms. The van der Waals surface area contributed by atoms with Crippen molar-refractivity contribution in [1.82, 2.24) is 9.55 Å². The van der Waals surface area contributed by atoms with E-state index in [9.17, 15) is 4.39 Å². The molecule has 1 heterocycles. The van der Waals surface area contributed by atoms with Crippen LogP contribution in [0.5, 0.6) is 5.75 Å². The van der Waals surface area contributed by atoms with Crippen molar-refractivity contribution in [2.24, 2.45) is 0 Å². The van der Waals surface area contributed by atoms with Crippen LogP contribution in [-0.4, -0.2) is 9.55 Å². The molecule has 2 rings (SSSR count). The fraction of sp³-hybridized carbons (Fsp3) is 0.308. The van der Waals surface area contributed by atoms with Gasteiger partial charge in [-0.25, -0.2) is 9.37 Å². The predicted molar refractivity (Wildman–Crippen MR) is 68.3 cm³/mol. The Bertz CT molecular complexity index is 527. The highest BCUT2D eigenvalue weighted by Crippen LogP contribution is 2.21. The number of ether oxygens (including phenoxy) is 1. The normalized spacial score (nSPS) is 10.6. The molecular formula is C13H14ClFN2O. The van der Waals surface area contributed by atoms with Crippen LogP contribution < -0.4 is 4.74 Å². The van der Waals surface area contributed by atoms with Crippen LogP contribution in [0.2, 0.25) is 5.02 Å². The summed E-state index contributed by atoms with van der Waals surface area (Å²) in [5, 5.41) is 0.0957. The fourth-order valence-corrected chi connectivity index (χ4v) is 1.75. The molecule has 0 saturated carbocycles. The Morgan fingerprint density at radius 3 is 3.00 bits per heavy atom. The maximum atomic E-state index is 13.2. The molecule has 0 atom stereocenters. The van der Waals surface area contributed by atoms with Gasteiger partial charge in [-0.1, -0.05) is 18.5 Å². The smallest absolute Gasteiger partial charge is 0.145 e. The van der Waals surface area contributed by atoms with E-state index >= 15 is 0 Å². The average molecular weight is 269 g/mol. The van der Waals surface area contributed by atoms with E-state index in [-0.39, 0.29) is 5.02 Å². The molecule has 2 aromatic rings. The molecule has 0 bridgehead atoms. The van der Waals surface area contributed by atoms with Crippen molar-refractivity contribution in [1.29, 1.82) is 0 Å². The molecule has 3 nitrogen and oxygen atoms in total. The number of hydrogen-bond acceptors (Lipinski definition) is 2. The highest BCUT2D eigenvalue weighted by molar-refractivity contribution is 6.30. The Balaban J connectivity index is 2.02. The summed E-state index contributed by atoms with van der Waals surface area (Å²) in [5.74, 6) is -0.0163. The van der Waals surface area contributed by atoms with Gasteiger partial charge in [0.05, 0.1) is 23.2 Å². The van der Waals surface area contributed by atoms with Gasteiger partial charge in [-0.2, -0.15) is 0 Å². The number of aromatic nitrogens is 2. The van der Waals surface area contributed by atoms with Crippen LogP contribution in [0.4, 0.5) is 4.39 Å². The molecule has 0 saturated heterocycles. The van der Waals surface area contributed by atoms with Gasteiger partial charge in [0.2, 0.25) is 0 Å². The summed E-state index contributed by atoms with van der Waals surface area (Å²) in [4.78, 5) is 4.07. The lowest BCUT2D eigenvalue weighted by Gasteiger charge is -2.09. The molecule has 0 radical (unpaired) electrons. The topological polar surface area (TPSA) is 27.1 Å². The maximum absolute atomic E-state index is 13.2. The molecule has 0 amide bonds. The number of aryl methyl sites for hydroxylation is 1. The van der Waals surface area contributed by atoms with Crippen LogP contribution >= 0.6 is 11.6 Å². The summed E-state index contributed by atoms with van der Waals surface area (Å²) in [6.07, 6.45) is 4.55. The summed E-state index contributed by atoms with van der Waals surface area (Å²) >= 11 is 5.60. The highest BCUT2D eigenvalue weighted by Gasteiger charge is 2.05. The van der Waals surface area contributed by atoms with Crippen molar-refractivity contribution in [3.05, 3.63) is 47.3 Å². The number of nitrogens with zero attached hydrogens (tertiary/aromatic N) is 2. The number of benzene rings is 1. The van der Waals surface area contributed by atoms with E-state index in [0.717, 1.165) is 18.7 Å². The zero-order chi connectivity index (χ0) is 13.0. The van der Waals surface area contributed by atoms with Gasteiger partial charge in [-0.15, -0.1) is 0 Å². The molecule has 1 aromatic heterocycles. The lowest BCUT2D eigenvalue weighted by molar-refractivity contribution is 0.293. The van der Waals surface area contributed by atoms with Gasteiger partial charge in [0.25, 0.3) is 0 Å². The van der Waals surface area contributed by atoms with Gasteiger partial charge in [0, 0.05) is 12.6 Å². The minimum atomic E-state index is -0.476. The molecular weight excluding hydrogens is 255 g/mol. The molecule has 0 N–H and O–H groups in total. The molecule has 0 aliphatic rings. The number of imidazole rings is 1. The Hall–Kier alpha value is -1.55. The predicted octanol–water partition coefficient (Wildman–Crippen LogP) is 3.66. The van der Waals surface area contributed by atoms with Gasteiger partial charge < -0.3 is 9.30 Å². The van der Waals surface area contributed by atoms with Crippen molar-refractivity contribution >= 4 is 11.6 Å². The molecule has 5 heteroatoms. The molecule has 0 aliphatic heterocycles. The van der Waals surface area contributed by atoms with E-state index in [0.29, 0.717) is 12.4 Å². The fourth-order valence-electron chi connectivity index (χ4n) is 1.63. The van der Waals surface area contributed by atoms with Gasteiger partial charge in [0.1, 0.15) is 18.2 Å². The van der Waals surface area contributed by atoms with Crippen LogP contribution in [0.1, 0.15) is 19.0 Å². The zero-order valence-electron chi connectivity index (χ0n) is 10.1. The summed E-state index contributed by atoms with van der Waals surface area (Å²) in [5.41, 5.74) is 0.965. The third-order valence-corrected chi connectivity index (χ3v) is 2.85. The highest BCUT2D eigenvalue weighted by atomic mass is 35.5. The first-order chi connectivity index (χ1) is 8.70. The SMILES string of the molecule is CCCn1cncc1COc1ccc(Cl)c(F)c1. The molecule has 0 unspecified atom stereocenters. The molecule has 1 aromatic carbocycles. The lowest BCUT2D eigenvalue weighted by atomic mass is 10.3. The van der Waals surface area contributed by atoms with E-state index in [1.54, 1.807) is 18.6 Å². The van der Waals surface area contributed by atoms with Crippen molar-refractivity contribution in [2.75, 3.05) is 0 Å². The summed E-state index contributed by atoms with van der Waals surface area (Å²) in [6.45, 7) is 3.36. The summed E-state index contributed by atoms with van der Waals surface area (Å²) in [7, 11) is 0. The minimum absolute atomic E-state index is 0.0957. The van der Waals surface area contributed by atoms with Crippen molar-refractivity contribution < 1.29 is 9.13 Å². The third-order valence-electron chi connectivity index (χ3n) is 2.54. The van der Waals surface area contributed by atoms with Crippen LogP contribution in [0.25, 0.3) is 0 Å². The second-order valence-electron chi connectivity index (χ2n) is 3.94. The van der Waals surface area contributed by atoms with Crippen molar-refractivity contribution in [2.45, 2.75) is 26.5 Å². The van der Waals surface area contributed by atoms with E-state index < -0.39 is 5.82 Å². The first-order valence-corrected chi connectivity index (χ1v) is 6.15. The van der Waals surface area contributed by atoms with E-state index in [2.05, 4.69) is 11.9 Å². The van der Waals surface area contributed by atoms with Crippen molar-refractivity contribution in [3.63, 3.8) is 0 Å². The standard InChI is InChI=1S/C13H14ClFN2O/c1-2-5-17-9-16-7-10(17)8-18-11-3-4-12(14)13(15)6-11/h3-4,6-7,9H,2,5,8H2,1H3. The summed E-state index contributed by atoms with van der Waals surface area (Å²) < 4.78 is 20.7. The number of hydrogen-bond donors (Lipinski definition) is 0. The average Bonchev–Trinajstić information content (AvgIpc) is 2.79. The monoisotopic (exact) mass is 268 g/mol. The van der Waals surface area contributed by atoms with Crippen LogP contribution in [0.15, 0.2) is 30.7 Å². The largest absolute Gasteiger partial charge is 0.487 e. The Morgan fingerprint density at radius 1 is 1.44 bits per heavy atom. The van der Waals surface area contributed by atoms with Gasteiger partial charge in [0.15, 0.2) is 0 Å². The van der Waals surface area contributed by atoms with Crippen molar-refractivity contribution in [3.8, 4) is 5.75 Å². The zero-order valence-corrected chi connectivity index (χ0v) is 10.8. The van der Waals surface area contributed by atoms with E-state index in [1.165, 1.54) is 12.1 Å². The van der Waals surface area contributed by atoms with Crippen LogP contribution in [-0.2, 0) is 13.2 Å². The molecule has 96 valence electrons. The Labute approximate surface area is 110 Å².